The molecule has 0 heterocycles. The summed E-state index contributed by atoms with van der Waals surface area (Å²) in [7, 11) is 1.73. The molecular weight excluding hydrogens is 204 g/mol. The Kier molecular flexibility index (Phi) is 14.7. The van der Waals surface area contributed by atoms with E-state index in [0.29, 0.717) is 0 Å². The van der Waals surface area contributed by atoms with Gasteiger partial charge in [0.15, 0.2) is 0 Å². The molecule has 16 heavy (non-hydrogen) atoms. The second kappa shape index (κ2) is 14.8. The van der Waals surface area contributed by atoms with Gasteiger partial charge in [-0.05, 0) is 45.8 Å². The topological polar surface area (TPSA) is 42.5 Å². The lowest BCUT2D eigenvalue weighted by atomic mass is 10.3. The highest BCUT2D eigenvalue weighted by Crippen LogP contribution is 1.88. The second-order valence-electron chi connectivity index (χ2n) is 3.75. The third kappa shape index (κ3) is 13.8. The van der Waals surface area contributed by atoms with Gasteiger partial charge in [0.25, 0.3) is 0 Å². The summed E-state index contributed by atoms with van der Waals surface area (Å²) in [5.74, 6) is 0. The highest BCUT2D eigenvalue weighted by Gasteiger charge is 1.90. The molecule has 0 radical (unpaired) electrons. The van der Waals surface area contributed by atoms with Gasteiger partial charge in [0.1, 0.15) is 0 Å². The molecule has 0 aliphatic rings. The van der Waals surface area contributed by atoms with Gasteiger partial charge in [-0.2, -0.15) is 0 Å². The van der Waals surface area contributed by atoms with Crippen LogP contribution < -0.4 is 10.6 Å². The van der Waals surface area contributed by atoms with Crippen molar-refractivity contribution in [2.24, 2.45) is 0 Å². The zero-order chi connectivity index (χ0) is 11.9. The predicted octanol–water partition coefficient (Wildman–Crippen LogP) is 1.02. The fraction of sp³-hybridized carbons (Fsp3) is 1.00. The Morgan fingerprint density at radius 1 is 0.812 bits per heavy atom. The lowest BCUT2D eigenvalue weighted by Crippen LogP contribution is -2.25. The first kappa shape index (κ1) is 15.8. The van der Waals surface area contributed by atoms with Crippen LogP contribution >= 0.6 is 0 Å². The fourth-order valence-electron chi connectivity index (χ4n) is 1.36. The minimum Gasteiger partial charge on any atom is -0.383 e. The van der Waals surface area contributed by atoms with E-state index in [0.717, 1.165) is 52.4 Å². The third-order valence-electron chi connectivity index (χ3n) is 2.29. The summed E-state index contributed by atoms with van der Waals surface area (Å²) in [6, 6.07) is 0. The Morgan fingerprint density at radius 3 is 2.19 bits per heavy atom. The van der Waals surface area contributed by atoms with Crippen LogP contribution in [-0.4, -0.2) is 53.1 Å². The molecular formula is C12H28N2O2. The molecule has 0 rings (SSSR count). The van der Waals surface area contributed by atoms with E-state index in [1.165, 1.54) is 12.8 Å². The molecule has 98 valence electrons. The van der Waals surface area contributed by atoms with Crippen LogP contribution in [0.25, 0.3) is 0 Å². The Balaban J connectivity index is 2.83. The van der Waals surface area contributed by atoms with Crippen molar-refractivity contribution in [1.29, 1.82) is 0 Å². The van der Waals surface area contributed by atoms with E-state index in [2.05, 4.69) is 10.6 Å². The molecule has 0 amide bonds. The summed E-state index contributed by atoms with van der Waals surface area (Å²) in [4.78, 5) is 0. The smallest absolute Gasteiger partial charge is 0.0587 e. The van der Waals surface area contributed by atoms with E-state index in [1.54, 1.807) is 7.11 Å². The van der Waals surface area contributed by atoms with Gasteiger partial charge in [-0.15, -0.1) is 0 Å². The normalized spacial score (nSPS) is 10.9. The first-order valence-corrected chi connectivity index (χ1v) is 6.40. The molecule has 0 aliphatic heterocycles. The summed E-state index contributed by atoms with van der Waals surface area (Å²) < 4.78 is 10.2. The Labute approximate surface area is 100 Å². The van der Waals surface area contributed by atoms with Crippen LogP contribution in [0.1, 0.15) is 26.2 Å². The molecule has 0 aliphatic carbocycles. The highest BCUT2D eigenvalue weighted by molar-refractivity contribution is 4.52. The third-order valence-corrected chi connectivity index (χ3v) is 2.29. The summed E-state index contributed by atoms with van der Waals surface area (Å²) in [5, 5.41) is 6.75. The maximum Gasteiger partial charge on any atom is 0.0587 e. The number of hydrogen-bond acceptors (Lipinski definition) is 4. The van der Waals surface area contributed by atoms with E-state index in [9.17, 15) is 0 Å². The number of nitrogens with one attached hydrogen (secondary N) is 2. The maximum atomic E-state index is 5.27. The Hall–Kier alpha value is -0.160. The molecule has 0 aromatic carbocycles. The average molecular weight is 232 g/mol. The van der Waals surface area contributed by atoms with Gasteiger partial charge in [-0.3, -0.25) is 0 Å². The van der Waals surface area contributed by atoms with Crippen LogP contribution in [0.15, 0.2) is 0 Å². The predicted molar refractivity (Wildman–Crippen MR) is 68.0 cm³/mol. The van der Waals surface area contributed by atoms with Crippen molar-refractivity contribution in [3.63, 3.8) is 0 Å². The summed E-state index contributed by atoms with van der Waals surface area (Å²) >= 11 is 0. The lowest BCUT2D eigenvalue weighted by molar-refractivity contribution is 0.143. The van der Waals surface area contributed by atoms with Crippen LogP contribution in [0.5, 0.6) is 0 Å². The standard InChI is InChI=1S/C12H28N2O2/c1-3-16-11-5-4-7-13-8-6-9-14-10-12-15-2/h13-14H,3-12H2,1-2H3. The van der Waals surface area contributed by atoms with E-state index in [1.807, 2.05) is 6.92 Å². The molecule has 0 saturated carbocycles. The average Bonchev–Trinajstić information content (AvgIpc) is 2.31. The minimum atomic E-state index is 0.796. The molecule has 0 aromatic rings. The van der Waals surface area contributed by atoms with Gasteiger partial charge in [-0.1, -0.05) is 0 Å². The van der Waals surface area contributed by atoms with Crippen LogP contribution in [0, 0.1) is 0 Å². The van der Waals surface area contributed by atoms with Gasteiger partial charge in [0, 0.05) is 26.9 Å². The summed E-state index contributed by atoms with van der Waals surface area (Å²) in [6.07, 6.45) is 3.54. The number of ether oxygens (including phenoxy) is 2. The van der Waals surface area contributed by atoms with E-state index >= 15 is 0 Å². The quantitative estimate of drug-likeness (QED) is 0.465. The van der Waals surface area contributed by atoms with Crippen LogP contribution in [0.3, 0.4) is 0 Å². The van der Waals surface area contributed by atoms with Crippen molar-refractivity contribution in [3.05, 3.63) is 0 Å². The molecule has 0 aromatic heterocycles. The molecule has 4 heteroatoms. The van der Waals surface area contributed by atoms with Crippen LogP contribution in [-0.2, 0) is 9.47 Å². The van der Waals surface area contributed by atoms with E-state index < -0.39 is 0 Å². The van der Waals surface area contributed by atoms with Crippen molar-refractivity contribution in [3.8, 4) is 0 Å². The van der Waals surface area contributed by atoms with E-state index in [4.69, 9.17) is 9.47 Å². The molecule has 2 N–H and O–H groups in total. The summed E-state index contributed by atoms with van der Waals surface area (Å²) in [6.45, 7) is 8.77. The Bertz CT molecular complexity index is 110. The monoisotopic (exact) mass is 232 g/mol. The van der Waals surface area contributed by atoms with Gasteiger partial charge in [0.05, 0.1) is 6.61 Å². The van der Waals surface area contributed by atoms with Crippen molar-refractivity contribution in [2.45, 2.75) is 26.2 Å². The van der Waals surface area contributed by atoms with Gasteiger partial charge in [-0.25, -0.2) is 0 Å². The van der Waals surface area contributed by atoms with Gasteiger partial charge in [0.2, 0.25) is 0 Å². The zero-order valence-corrected chi connectivity index (χ0v) is 10.9. The molecule has 0 bridgehead atoms. The molecule has 0 spiro atoms. The van der Waals surface area contributed by atoms with Crippen LogP contribution in [0.2, 0.25) is 0 Å². The fourth-order valence-corrected chi connectivity index (χ4v) is 1.36. The summed E-state index contributed by atoms with van der Waals surface area (Å²) in [5.41, 5.74) is 0. The van der Waals surface area contributed by atoms with Gasteiger partial charge >= 0.3 is 0 Å². The molecule has 0 unspecified atom stereocenters. The minimum absolute atomic E-state index is 0.796. The van der Waals surface area contributed by atoms with Crippen molar-refractivity contribution in [2.75, 3.05) is 53.1 Å². The first-order valence-electron chi connectivity index (χ1n) is 6.40. The molecule has 0 atom stereocenters. The van der Waals surface area contributed by atoms with Crippen molar-refractivity contribution < 1.29 is 9.47 Å². The SMILES string of the molecule is CCOCCCCNCCCNCCOC. The Morgan fingerprint density at radius 2 is 1.50 bits per heavy atom. The van der Waals surface area contributed by atoms with Crippen molar-refractivity contribution in [1.82, 2.24) is 10.6 Å². The lowest BCUT2D eigenvalue weighted by Gasteiger charge is -2.06. The number of unbranched alkanes of at least 4 members (excludes halogenated alkanes) is 1. The molecule has 0 fully saturated rings. The molecule has 4 nitrogen and oxygen atoms in total. The maximum absolute atomic E-state index is 5.27. The number of rotatable bonds is 13. The van der Waals surface area contributed by atoms with E-state index in [-0.39, 0.29) is 0 Å². The molecule has 0 saturated heterocycles. The number of methoxy groups -OCH3 is 1. The van der Waals surface area contributed by atoms with Crippen LogP contribution in [0.4, 0.5) is 0 Å². The van der Waals surface area contributed by atoms with Crippen molar-refractivity contribution >= 4 is 0 Å². The first-order chi connectivity index (χ1) is 7.91. The second-order valence-corrected chi connectivity index (χ2v) is 3.75. The highest BCUT2D eigenvalue weighted by atomic mass is 16.5. The largest absolute Gasteiger partial charge is 0.383 e. The van der Waals surface area contributed by atoms with Gasteiger partial charge < -0.3 is 20.1 Å². The number of hydrogen-bond donors (Lipinski definition) is 2. The zero-order valence-electron chi connectivity index (χ0n) is 10.9.